The zero-order valence-corrected chi connectivity index (χ0v) is 12.6. The molecule has 0 aromatic heterocycles. The van der Waals surface area contributed by atoms with Gasteiger partial charge in [0.15, 0.2) is 0 Å². The lowest BCUT2D eigenvalue weighted by Gasteiger charge is -2.15. The average molecular weight is 290 g/mol. The van der Waals surface area contributed by atoms with E-state index in [1.807, 2.05) is 45.0 Å². The van der Waals surface area contributed by atoms with E-state index >= 15 is 0 Å². The molecule has 0 heterocycles. The molecule has 0 saturated carbocycles. The van der Waals surface area contributed by atoms with Crippen molar-refractivity contribution in [2.45, 2.75) is 33.2 Å². The van der Waals surface area contributed by atoms with E-state index in [1.54, 1.807) is 6.08 Å². The van der Waals surface area contributed by atoms with E-state index in [-0.39, 0.29) is 5.92 Å². The summed E-state index contributed by atoms with van der Waals surface area (Å²) in [6.45, 7) is 5.82. The quantitative estimate of drug-likeness (QED) is 0.753. The zero-order valence-electron chi connectivity index (χ0n) is 12.6. The Morgan fingerprint density at radius 3 is 2.38 bits per heavy atom. The molecular weight excluding hydrogens is 268 g/mol. The Morgan fingerprint density at radius 1 is 1.24 bits per heavy atom. The number of hydrogen-bond acceptors (Lipinski definition) is 2. The highest BCUT2D eigenvalue weighted by Crippen LogP contribution is 2.05. The number of urea groups is 1. The van der Waals surface area contributed by atoms with Gasteiger partial charge < -0.3 is 15.7 Å². The normalized spacial score (nSPS) is 12.4. The smallest absolute Gasteiger partial charge is 0.326 e. The Kier molecular flexibility index (Phi) is 6.46. The predicted molar refractivity (Wildman–Crippen MR) is 82.8 cm³/mol. The summed E-state index contributed by atoms with van der Waals surface area (Å²) in [4.78, 5) is 22.7. The van der Waals surface area contributed by atoms with E-state index in [4.69, 9.17) is 5.11 Å². The Morgan fingerprint density at radius 2 is 1.86 bits per heavy atom. The minimum Gasteiger partial charge on any atom is -0.480 e. The molecule has 21 heavy (non-hydrogen) atoms. The largest absolute Gasteiger partial charge is 0.480 e. The van der Waals surface area contributed by atoms with Crippen molar-refractivity contribution in [2.75, 3.05) is 0 Å². The van der Waals surface area contributed by atoms with Crippen LogP contribution in [-0.2, 0) is 4.79 Å². The first-order valence-electron chi connectivity index (χ1n) is 6.91. The second-order valence-electron chi connectivity index (χ2n) is 5.38. The molecule has 5 heteroatoms. The predicted octanol–water partition coefficient (Wildman–Crippen LogP) is 2.76. The maximum Gasteiger partial charge on any atom is 0.326 e. The fourth-order valence-electron chi connectivity index (χ4n) is 1.78. The van der Waals surface area contributed by atoms with Crippen molar-refractivity contribution in [3.63, 3.8) is 0 Å². The van der Waals surface area contributed by atoms with Crippen LogP contribution in [-0.4, -0.2) is 23.1 Å². The van der Waals surface area contributed by atoms with E-state index in [0.717, 1.165) is 11.1 Å². The minimum absolute atomic E-state index is 0.189. The summed E-state index contributed by atoms with van der Waals surface area (Å²) in [5.41, 5.74) is 2.12. The van der Waals surface area contributed by atoms with E-state index in [2.05, 4.69) is 10.6 Å². The van der Waals surface area contributed by atoms with Crippen molar-refractivity contribution < 1.29 is 14.7 Å². The molecule has 0 aliphatic rings. The lowest BCUT2D eigenvalue weighted by molar-refractivity contribution is -0.139. The Bertz CT molecular complexity index is 507. The van der Waals surface area contributed by atoms with Gasteiger partial charge in [0, 0.05) is 6.20 Å². The first-order chi connectivity index (χ1) is 9.88. The van der Waals surface area contributed by atoms with Crippen molar-refractivity contribution >= 4 is 18.1 Å². The number of nitrogens with one attached hydrogen (secondary N) is 2. The summed E-state index contributed by atoms with van der Waals surface area (Å²) in [5, 5.41) is 14.0. The van der Waals surface area contributed by atoms with Crippen molar-refractivity contribution in [1.82, 2.24) is 10.6 Å². The topological polar surface area (TPSA) is 78.4 Å². The SMILES string of the molecule is Cc1ccc(/C=C/NC(=O)NC(CC(C)C)C(=O)O)cc1. The van der Waals surface area contributed by atoms with E-state index in [0.29, 0.717) is 6.42 Å². The Balaban J connectivity index is 2.48. The van der Waals surface area contributed by atoms with Crippen LogP contribution in [0.25, 0.3) is 6.08 Å². The third-order valence-electron chi connectivity index (χ3n) is 2.88. The van der Waals surface area contributed by atoms with Gasteiger partial charge in [-0.05, 0) is 30.9 Å². The van der Waals surface area contributed by atoms with Crippen molar-refractivity contribution in [2.24, 2.45) is 5.92 Å². The molecule has 1 aromatic carbocycles. The van der Waals surface area contributed by atoms with Gasteiger partial charge in [0.25, 0.3) is 0 Å². The van der Waals surface area contributed by atoms with Gasteiger partial charge in [0.1, 0.15) is 6.04 Å². The summed E-state index contributed by atoms with van der Waals surface area (Å²) in [5.74, 6) is -0.837. The van der Waals surface area contributed by atoms with E-state index < -0.39 is 18.0 Å². The molecule has 1 unspecified atom stereocenters. The van der Waals surface area contributed by atoms with Crippen LogP contribution in [0.2, 0.25) is 0 Å². The van der Waals surface area contributed by atoms with Crippen LogP contribution in [0.3, 0.4) is 0 Å². The molecule has 0 radical (unpaired) electrons. The van der Waals surface area contributed by atoms with Gasteiger partial charge in [-0.15, -0.1) is 0 Å². The number of carbonyl (C=O) groups excluding carboxylic acids is 1. The molecular formula is C16H22N2O3. The second-order valence-corrected chi connectivity index (χ2v) is 5.38. The van der Waals surface area contributed by atoms with Gasteiger partial charge in [-0.25, -0.2) is 9.59 Å². The third-order valence-corrected chi connectivity index (χ3v) is 2.88. The fourth-order valence-corrected chi connectivity index (χ4v) is 1.78. The highest BCUT2D eigenvalue weighted by Gasteiger charge is 2.20. The van der Waals surface area contributed by atoms with Crippen molar-refractivity contribution in [3.05, 3.63) is 41.6 Å². The summed E-state index contributed by atoms with van der Waals surface area (Å²) in [6, 6.07) is 6.42. The molecule has 3 N–H and O–H groups in total. The standard InChI is InChI=1S/C16H22N2O3/c1-11(2)10-14(15(19)20)18-16(21)17-9-8-13-6-4-12(3)5-7-13/h4-9,11,14H,10H2,1-3H3,(H,19,20)(H2,17,18,21)/b9-8+. The number of carboxylic acids is 1. The van der Waals surface area contributed by atoms with Gasteiger partial charge in [0.2, 0.25) is 0 Å². The molecule has 0 aliphatic heterocycles. The molecule has 5 nitrogen and oxygen atoms in total. The third kappa shape index (κ3) is 6.61. The Hall–Kier alpha value is -2.30. The second kappa shape index (κ2) is 8.09. The first-order valence-corrected chi connectivity index (χ1v) is 6.91. The van der Waals surface area contributed by atoms with Crippen LogP contribution < -0.4 is 10.6 Å². The van der Waals surface area contributed by atoms with Gasteiger partial charge in [-0.3, -0.25) is 0 Å². The summed E-state index contributed by atoms with van der Waals surface area (Å²) >= 11 is 0. The van der Waals surface area contributed by atoms with Gasteiger partial charge in [-0.2, -0.15) is 0 Å². The molecule has 1 aromatic rings. The van der Waals surface area contributed by atoms with Crippen LogP contribution in [0.1, 0.15) is 31.4 Å². The highest BCUT2D eigenvalue weighted by molar-refractivity contribution is 5.83. The van der Waals surface area contributed by atoms with Gasteiger partial charge >= 0.3 is 12.0 Å². The summed E-state index contributed by atoms with van der Waals surface area (Å²) in [6.07, 6.45) is 3.63. The van der Waals surface area contributed by atoms with Crippen LogP contribution in [0.4, 0.5) is 4.79 Å². The maximum atomic E-state index is 11.6. The summed E-state index contributed by atoms with van der Waals surface area (Å²) < 4.78 is 0. The monoisotopic (exact) mass is 290 g/mol. The van der Waals surface area contributed by atoms with Gasteiger partial charge in [0.05, 0.1) is 0 Å². The number of hydrogen-bond donors (Lipinski definition) is 3. The number of carboxylic acid groups (broad SMARTS) is 1. The molecule has 2 amide bonds. The van der Waals surface area contributed by atoms with Gasteiger partial charge in [-0.1, -0.05) is 43.7 Å². The van der Waals surface area contributed by atoms with E-state index in [1.165, 1.54) is 6.20 Å². The summed E-state index contributed by atoms with van der Waals surface area (Å²) in [7, 11) is 0. The van der Waals surface area contributed by atoms with E-state index in [9.17, 15) is 9.59 Å². The minimum atomic E-state index is -1.03. The lowest BCUT2D eigenvalue weighted by atomic mass is 10.0. The molecule has 0 saturated heterocycles. The lowest BCUT2D eigenvalue weighted by Crippen LogP contribution is -2.45. The number of aliphatic carboxylic acids is 1. The van der Waals surface area contributed by atoms with Crippen LogP contribution in [0, 0.1) is 12.8 Å². The van der Waals surface area contributed by atoms with Crippen LogP contribution in [0.15, 0.2) is 30.5 Å². The first kappa shape index (κ1) is 16.8. The van der Waals surface area contributed by atoms with Crippen molar-refractivity contribution in [3.8, 4) is 0 Å². The maximum absolute atomic E-state index is 11.6. The molecule has 0 bridgehead atoms. The molecule has 0 spiro atoms. The van der Waals surface area contributed by atoms with Crippen molar-refractivity contribution in [1.29, 1.82) is 0 Å². The number of carbonyl (C=O) groups is 2. The number of benzene rings is 1. The molecule has 0 aliphatic carbocycles. The number of rotatable bonds is 6. The molecule has 1 rings (SSSR count). The highest BCUT2D eigenvalue weighted by atomic mass is 16.4. The number of aryl methyl sites for hydroxylation is 1. The Labute approximate surface area is 125 Å². The number of amides is 2. The zero-order chi connectivity index (χ0) is 15.8. The van der Waals surface area contributed by atoms with Crippen LogP contribution >= 0.6 is 0 Å². The molecule has 0 fully saturated rings. The fraction of sp³-hybridized carbons (Fsp3) is 0.375. The van der Waals surface area contributed by atoms with Crippen LogP contribution in [0.5, 0.6) is 0 Å². The average Bonchev–Trinajstić information content (AvgIpc) is 2.39. The molecule has 114 valence electrons. The molecule has 1 atom stereocenters.